The van der Waals surface area contributed by atoms with Gasteiger partial charge in [0.2, 0.25) is 5.95 Å². The summed E-state index contributed by atoms with van der Waals surface area (Å²) in [6.07, 6.45) is 2.14. The van der Waals surface area contributed by atoms with E-state index in [2.05, 4.69) is 31.3 Å². The Morgan fingerprint density at radius 3 is 3.00 bits per heavy atom. The molecule has 1 unspecified atom stereocenters. The van der Waals surface area contributed by atoms with E-state index in [0.717, 1.165) is 15.7 Å². The zero-order chi connectivity index (χ0) is 15.7. The number of fused-ring (bicyclic) bond motifs is 1. The lowest BCUT2D eigenvalue weighted by molar-refractivity contribution is -0.136. The van der Waals surface area contributed by atoms with Crippen LogP contribution in [0, 0.1) is 0 Å². The molecule has 0 aliphatic carbocycles. The molecule has 0 fully saturated rings. The zero-order valence-electron chi connectivity index (χ0n) is 12.2. The molecule has 1 aromatic heterocycles. The number of aromatic nitrogens is 3. The van der Waals surface area contributed by atoms with Crippen LogP contribution in [0.2, 0.25) is 0 Å². The first kappa shape index (κ1) is 14.8. The Kier molecular flexibility index (Phi) is 3.98. The molecule has 0 radical (unpaired) electrons. The van der Waals surface area contributed by atoms with Gasteiger partial charge in [-0.2, -0.15) is 10.1 Å². The van der Waals surface area contributed by atoms with Crippen molar-refractivity contribution in [2.75, 3.05) is 12.4 Å². The van der Waals surface area contributed by atoms with E-state index in [1.165, 1.54) is 13.4 Å². The quantitative estimate of drug-likeness (QED) is 0.850. The molecule has 0 amide bonds. The lowest BCUT2D eigenvalue weighted by Crippen LogP contribution is -2.30. The van der Waals surface area contributed by atoms with Gasteiger partial charge in [0.15, 0.2) is 0 Å². The average molecular weight is 363 g/mol. The molecular weight excluding hydrogens is 348 g/mol. The summed E-state index contributed by atoms with van der Waals surface area (Å²) in [5, 5.41) is 7.43. The molecule has 1 aliphatic heterocycles. The number of hydrogen-bond acceptors (Lipinski definition) is 5. The van der Waals surface area contributed by atoms with Gasteiger partial charge in [0.25, 0.3) is 0 Å². The van der Waals surface area contributed by atoms with Crippen molar-refractivity contribution >= 4 is 27.8 Å². The molecule has 0 spiro atoms. The van der Waals surface area contributed by atoms with Gasteiger partial charge < -0.3 is 10.1 Å². The van der Waals surface area contributed by atoms with Gasteiger partial charge >= 0.3 is 5.97 Å². The Balaban J connectivity index is 2.22. The number of esters is 1. The molecule has 2 heterocycles. The smallest absolute Gasteiger partial charge is 0.338 e. The van der Waals surface area contributed by atoms with Crippen LogP contribution in [0.25, 0.3) is 0 Å². The minimum Gasteiger partial charge on any atom is -0.466 e. The third kappa shape index (κ3) is 2.41. The number of nitrogens with zero attached hydrogens (tertiary/aromatic N) is 3. The van der Waals surface area contributed by atoms with Gasteiger partial charge in [0, 0.05) is 10.2 Å². The van der Waals surface area contributed by atoms with Gasteiger partial charge in [0.1, 0.15) is 12.4 Å². The van der Waals surface area contributed by atoms with E-state index < -0.39 is 0 Å². The van der Waals surface area contributed by atoms with Crippen LogP contribution < -0.4 is 5.32 Å². The molecule has 7 heteroatoms. The van der Waals surface area contributed by atoms with Gasteiger partial charge in [-0.25, -0.2) is 9.48 Å². The first-order valence-corrected chi connectivity index (χ1v) is 7.68. The number of hydrogen-bond donors (Lipinski definition) is 1. The molecule has 114 valence electrons. The minimum absolute atomic E-state index is 0.362. The van der Waals surface area contributed by atoms with Crippen molar-refractivity contribution in [3.05, 3.63) is 51.9 Å². The number of allylic oxidation sites excluding steroid dienone is 1. The monoisotopic (exact) mass is 362 g/mol. The topological polar surface area (TPSA) is 69.0 Å². The van der Waals surface area contributed by atoms with E-state index in [1.54, 1.807) is 4.68 Å². The number of rotatable bonds is 3. The Labute approximate surface area is 136 Å². The number of methoxy groups -OCH3 is 1. The number of benzene rings is 1. The summed E-state index contributed by atoms with van der Waals surface area (Å²) < 4.78 is 7.62. The summed E-state index contributed by atoms with van der Waals surface area (Å²) in [5.74, 6) is 0.255. The second kappa shape index (κ2) is 5.92. The van der Waals surface area contributed by atoms with Crippen molar-refractivity contribution in [3.8, 4) is 0 Å². The Hall–Kier alpha value is -2.15. The molecule has 6 nitrogen and oxygen atoms in total. The normalized spacial score (nSPS) is 17.0. The van der Waals surface area contributed by atoms with Crippen molar-refractivity contribution in [2.24, 2.45) is 0 Å². The maximum absolute atomic E-state index is 12.3. The molecule has 1 atom stereocenters. The van der Waals surface area contributed by atoms with Crippen molar-refractivity contribution in [1.82, 2.24) is 14.8 Å². The largest absolute Gasteiger partial charge is 0.466 e. The van der Waals surface area contributed by atoms with Crippen LogP contribution in [0.3, 0.4) is 0 Å². The van der Waals surface area contributed by atoms with E-state index in [4.69, 9.17) is 4.74 Å². The summed E-state index contributed by atoms with van der Waals surface area (Å²) in [6.45, 7) is 1.98. The molecule has 1 aliphatic rings. The SMILES string of the molecule is CCC1=C(C(=O)OC)C(c2cccc(Br)c2)n2ncnc2N1. The Morgan fingerprint density at radius 2 is 2.32 bits per heavy atom. The Bertz CT molecular complexity index is 754. The van der Waals surface area contributed by atoms with Crippen LogP contribution in [-0.4, -0.2) is 27.8 Å². The highest BCUT2D eigenvalue weighted by atomic mass is 79.9. The summed E-state index contributed by atoms with van der Waals surface area (Å²) in [4.78, 5) is 16.6. The molecule has 0 bridgehead atoms. The number of ether oxygens (including phenoxy) is 1. The molecule has 0 saturated carbocycles. The first-order valence-electron chi connectivity index (χ1n) is 6.89. The summed E-state index contributed by atoms with van der Waals surface area (Å²) in [7, 11) is 1.39. The first-order chi connectivity index (χ1) is 10.7. The van der Waals surface area contributed by atoms with Crippen LogP contribution in [0.1, 0.15) is 24.9 Å². The molecule has 1 N–H and O–H groups in total. The Morgan fingerprint density at radius 1 is 1.50 bits per heavy atom. The van der Waals surface area contributed by atoms with Crippen LogP contribution in [0.4, 0.5) is 5.95 Å². The predicted octanol–water partition coefficient (Wildman–Crippen LogP) is 2.89. The third-order valence-corrected chi connectivity index (χ3v) is 4.10. The molecule has 0 saturated heterocycles. The number of carbonyl (C=O) groups is 1. The van der Waals surface area contributed by atoms with E-state index in [9.17, 15) is 4.79 Å². The van der Waals surface area contributed by atoms with Gasteiger partial charge in [-0.15, -0.1) is 0 Å². The van der Waals surface area contributed by atoms with Crippen molar-refractivity contribution in [3.63, 3.8) is 0 Å². The van der Waals surface area contributed by atoms with Crippen LogP contribution in [-0.2, 0) is 9.53 Å². The number of nitrogens with one attached hydrogen (secondary N) is 1. The van der Waals surface area contributed by atoms with Gasteiger partial charge in [-0.1, -0.05) is 35.0 Å². The molecule has 22 heavy (non-hydrogen) atoms. The number of carbonyl (C=O) groups excluding carboxylic acids is 1. The summed E-state index contributed by atoms with van der Waals surface area (Å²) >= 11 is 3.47. The molecule has 2 aromatic rings. The molecular formula is C15H15BrN4O2. The molecule has 1 aromatic carbocycles. The van der Waals surface area contributed by atoms with E-state index in [1.807, 2.05) is 31.2 Å². The predicted molar refractivity (Wildman–Crippen MR) is 85.3 cm³/mol. The number of anilines is 1. The summed E-state index contributed by atoms with van der Waals surface area (Å²) in [6, 6.07) is 7.44. The minimum atomic E-state index is -0.365. The fourth-order valence-corrected chi connectivity index (χ4v) is 3.04. The van der Waals surface area contributed by atoms with E-state index in [0.29, 0.717) is 17.9 Å². The van der Waals surface area contributed by atoms with Crippen LogP contribution in [0.5, 0.6) is 0 Å². The molecule has 3 rings (SSSR count). The maximum Gasteiger partial charge on any atom is 0.338 e. The second-order valence-corrected chi connectivity index (χ2v) is 5.76. The second-order valence-electron chi connectivity index (χ2n) is 4.85. The number of halogens is 1. The van der Waals surface area contributed by atoms with Crippen LogP contribution in [0.15, 0.2) is 46.3 Å². The zero-order valence-corrected chi connectivity index (χ0v) is 13.8. The van der Waals surface area contributed by atoms with Crippen molar-refractivity contribution in [1.29, 1.82) is 0 Å². The maximum atomic E-state index is 12.3. The fourth-order valence-electron chi connectivity index (χ4n) is 2.63. The van der Waals surface area contributed by atoms with Gasteiger partial charge in [0.05, 0.1) is 12.7 Å². The standard InChI is InChI=1S/C15H15BrN4O2/c1-3-11-12(14(21)22-2)13(9-5-4-6-10(16)7-9)20-15(19-11)17-8-18-20/h4-8,13H,3H2,1-2H3,(H,17,18,19). The fraction of sp³-hybridized carbons (Fsp3) is 0.267. The highest BCUT2D eigenvalue weighted by Gasteiger charge is 2.34. The highest BCUT2D eigenvalue weighted by Crippen LogP contribution is 2.36. The average Bonchev–Trinajstić information content (AvgIpc) is 3.00. The van der Waals surface area contributed by atoms with E-state index in [-0.39, 0.29) is 12.0 Å². The van der Waals surface area contributed by atoms with Crippen molar-refractivity contribution in [2.45, 2.75) is 19.4 Å². The third-order valence-electron chi connectivity index (χ3n) is 3.60. The lowest BCUT2D eigenvalue weighted by Gasteiger charge is -2.28. The lowest BCUT2D eigenvalue weighted by atomic mass is 9.95. The summed E-state index contributed by atoms with van der Waals surface area (Å²) in [5.41, 5.74) is 2.30. The van der Waals surface area contributed by atoms with Gasteiger partial charge in [-0.3, -0.25) is 0 Å². The highest BCUT2D eigenvalue weighted by molar-refractivity contribution is 9.10. The van der Waals surface area contributed by atoms with Crippen molar-refractivity contribution < 1.29 is 9.53 Å². The van der Waals surface area contributed by atoms with Gasteiger partial charge in [-0.05, 0) is 24.1 Å². The van der Waals surface area contributed by atoms with Crippen LogP contribution >= 0.6 is 15.9 Å². The van der Waals surface area contributed by atoms with E-state index >= 15 is 0 Å².